The van der Waals surface area contributed by atoms with Gasteiger partial charge in [-0.3, -0.25) is 9.69 Å². The summed E-state index contributed by atoms with van der Waals surface area (Å²) in [5, 5.41) is 15.9. The Kier molecular flexibility index (Phi) is 11.0. The zero-order valence-corrected chi connectivity index (χ0v) is 28.1. The van der Waals surface area contributed by atoms with E-state index < -0.39 is 47.9 Å². The molecular weight excluding hydrogens is 680 g/mol. The molecule has 1 amide bonds. The van der Waals surface area contributed by atoms with Gasteiger partial charge in [0.1, 0.15) is 29.9 Å². The van der Waals surface area contributed by atoms with Gasteiger partial charge in [-0.2, -0.15) is 13.2 Å². The lowest BCUT2D eigenvalue weighted by molar-refractivity contribution is -0.139. The Hall–Kier alpha value is -4.98. The fourth-order valence-corrected chi connectivity index (χ4v) is 6.43. The van der Waals surface area contributed by atoms with Crippen molar-refractivity contribution >= 4 is 28.3 Å². The Morgan fingerprint density at radius 2 is 1.65 bits per heavy atom. The summed E-state index contributed by atoms with van der Waals surface area (Å²) in [6, 6.07) is 14.7. The summed E-state index contributed by atoms with van der Waals surface area (Å²) in [5.41, 5.74) is 1.97. The minimum Gasteiger partial charge on any atom is -0.496 e. The topological polar surface area (TPSA) is 100 Å². The number of alkyl halides is 5. The first-order valence-corrected chi connectivity index (χ1v) is 16.1. The number of aryl methyl sites for hydroxylation is 1. The molecule has 3 N–H and O–H groups in total. The number of ether oxygens (including phenoxy) is 2. The monoisotopic (exact) mass is 717 g/mol. The molecule has 0 spiro atoms. The molecule has 1 aliphatic heterocycles. The van der Waals surface area contributed by atoms with Crippen LogP contribution in [0.25, 0.3) is 21.9 Å². The third-order valence-electron chi connectivity index (χ3n) is 8.92. The molecule has 0 saturated carbocycles. The van der Waals surface area contributed by atoms with Crippen LogP contribution < -0.4 is 20.1 Å². The second-order valence-corrected chi connectivity index (χ2v) is 12.5. The lowest BCUT2D eigenvalue weighted by Crippen LogP contribution is -2.42. The molecule has 0 bridgehead atoms. The lowest BCUT2D eigenvalue weighted by Gasteiger charge is -2.32. The van der Waals surface area contributed by atoms with Gasteiger partial charge in [0, 0.05) is 50.1 Å². The molecule has 5 rings (SSSR count). The Labute approximate surface area is 290 Å². The Morgan fingerprint density at radius 3 is 2.27 bits per heavy atom. The quantitative estimate of drug-likeness (QED) is 0.130. The predicted molar refractivity (Wildman–Crippen MR) is 180 cm³/mol. The van der Waals surface area contributed by atoms with Crippen molar-refractivity contribution in [2.24, 2.45) is 0 Å². The first-order valence-electron chi connectivity index (χ1n) is 16.1. The minimum absolute atomic E-state index is 0.0134. The number of hydrogen-bond donors (Lipinski definition) is 3. The van der Waals surface area contributed by atoms with Crippen molar-refractivity contribution in [2.75, 3.05) is 39.2 Å². The van der Waals surface area contributed by atoms with E-state index in [9.17, 15) is 36.6 Å². The van der Waals surface area contributed by atoms with Crippen molar-refractivity contribution in [3.63, 3.8) is 0 Å². The van der Waals surface area contributed by atoms with Crippen LogP contribution in [-0.4, -0.2) is 73.9 Å². The Bertz CT molecular complexity index is 1900. The normalized spacial score (nSPS) is 15.3. The van der Waals surface area contributed by atoms with Gasteiger partial charge >= 0.3 is 12.1 Å². The van der Waals surface area contributed by atoms with Crippen molar-refractivity contribution in [2.45, 2.75) is 50.9 Å². The number of carbonyl (C=O) groups is 2. The van der Waals surface area contributed by atoms with Crippen molar-refractivity contribution in [1.82, 2.24) is 10.2 Å². The Morgan fingerprint density at radius 1 is 0.961 bits per heavy atom. The number of benzene rings is 4. The molecule has 0 radical (unpaired) electrons. The lowest BCUT2D eigenvalue weighted by atomic mass is 9.91. The van der Waals surface area contributed by atoms with E-state index in [1.807, 2.05) is 23.1 Å². The molecule has 14 heteroatoms. The van der Waals surface area contributed by atoms with E-state index in [4.69, 9.17) is 9.47 Å². The number of carboxylic acids is 1. The molecule has 1 fully saturated rings. The number of hydrogen-bond acceptors (Lipinski definition) is 6. The standard InChI is InChI=1S/C37H37F6N3O5/c1-21-16-24(44-20-37(41,42)43)18-28(38)31(21)34(47)45-29(35(48)49)17-22-6-4-8-26-25(22)7-5-9-27(26)32-30(50-2)11-10-23(33(32)51-3)19-46-14-12-36(39,40)13-15-46/h4-11,16,18,29,44H,12-15,17,19-20H2,1-3H3,(H,45,47)(H,48,49)/t29-/m0/s1. The molecule has 272 valence electrons. The number of nitrogens with one attached hydrogen (secondary N) is 2. The van der Waals surface area contributed by atoms with Crippen LogP contribution in [-0.2, 0) is 17.8 Å². The number of nitrogens with zero attached hydrogens (tertiary/aromatic N) is 1. The van der Waals surface area contributed by atoms with E-state index in [0.717, 1.165) is 11.6 Å². The summed E-state index contributed by atoms with van der Waals surface area (Å²) < 4.78 is 92.2. The molecule has 8 nitrogen and oxygen atoms in total. The van der Waals surface area contributed by atoms with Crippen molar-refractivity contribution < 1.29 is 50.5 Å². The van der Waals surface area contributed by atoms with Gasteiger partial charge in [-0.1, -0.05) is 42.5 Å². The van der Waals surface area contributed by atoms with E-state index in [2.05, 4.69) is 10.6 Å². The minimum atomic E-state index is -4.54. The molecule has 1 aliphatic rings. The van der Waals surface area contributed by atoms with Gasteiger partial charge in [-0.05, 0) is 52.6 Å². The van der Waals surface area contributed by atoms with Crippen LogP contribution in [0.3, 0.4) is 0 Å². The zero-order valence-electron chi connectivity index (χ0n) is 28.1. The van der Waals surface area contributed by atoms with Crippen LogP contribution in [0.2, 0.25) is 0 Å². The van der Waals surface area contributed by atoms with E-state index in [1.54, 1.807) is 30.3 Å². The molecule has 0 unspecified atom stereocenters. The fourth-order valence-electron chi connectivity index (χ4n) is 6.43. The number of rotatable bonds is 12. The van der Waals surface area contributed by atoms with E-state index in [-0.39, 0.29) is 43.6 Å². The molecule has 1 atom stereocenters. The number of carboxylic acid groups (broad SMARTS) is 1. The van der Waals surface area contributed by atoms with Crippen molar-refractivity contribution in [3.8, 4) is 22.6 Å². The van der Waals surface area contributed by atoms with Gasteiger partial charge in [-0.15, -0.1) is 0 Å². The number of methoxy groups -OCH3 is 2. The summed E-state index contributed by atoms with van der Waals surface area (Å²) in [5.74, 6) is -5.23. The number of aliphatic carboxylic acids is 1. The highest BCUT2D eigenvalue weighted by Crippen LogP contribution is 2.45. The smallest absolute Gasteiger partial charge is 0.405 e. The molecule has 4 aromatic rings. The molecular formula is C37H37F6N3O5. The third-order valence-corrected chi connectivity index (χ3v) is 8.92. The van der Waals surface area contributed by atoms with Crippen LogP contribution in [0.1, 0.15) is 39.9 Å². The summed E-state index contributed by atoms with van der Waals surface area (Å²) in [6.07, 6.45) is -5.20. The first-order chi connectivity index (χ1) is 24.1. The van der Waals surface area contributed by atoms with E-state index in [1.165, 1.54) is 27.2 Å². The molecule has 0 aromatic heterocycles. The van der Waals surface area contributed by atoms with E-state index in [0.29, 0.717) is 45.5 Å². The molecule has 1 heterocycles. The SMILES string of the molecule is COc1ccc(CN2CCC(F)(F)CC2)c(OC)c1-c1cccc2c(C[C@H](NC(=O)c3c(C)cc(NCC(F)(F)F)cc3F)C(=O)O)cccc12. The van der Waals surface area contributed by atoms with Crippen molar-refractivity contribution in [1.29, 1.82) is 0 Å². The van der Waals surface area contributed by atoms with Crippen LogP contribution in [0.15, 0.2) is 60.7 Å². The maximum absolute atomic E-state index is 15.0. The van der Waals surface area contributed by atoms with Gasteiger partial charge in [0.15, 0.2) is 0 Å². The molecule has 4 aromatic carbocycles. The number of amides is 1. The molecule has 1 saturated heterocycles. The number of fused-ring (bicyclic) bond motifs is 1. The summed E-state index contributed by atoms with van der Waals surface area (Å²) in [4.78, 5) is 27.5. The van der Waals surface area contributed by atoms with Crippen LogP contribution >= 0.6 is 0 Å². The number of piperidine rings is 1. The highest BCUT2D eigenvalue weighted by molar-refractivity contribution is 6.02. The number of halogens is 6. The van der Waals surface area contributed by atoms with Crippen LogP contribution in [0.4, 0.5) is 32.0 Å². The first kappa shape index (κ1) is 37.3. The van der Waals surface area contributed by atoms with Crippen LogP contribution in [0.5, 0.6) is 11.5 Å². The van der Waals surface area contributed by atoms with Crippen LogP contribution in [0, 0.1) is 12.7 Å². The van der Waals surface area contributed by atoms with Gasteiger partial charge in [0.05, 0.1) is 25.3 Å². The number of likely N-dealkylation sites (tertiary alicyclic amines) is 1. The zero-order chi connectivity index (χ0) is 37.1. The third kappa shape index (κ3) is 8.67. The average Bonchev–Trinajstić information content (AvgIpc) is 3.07. The fraction of sp³-hybridized carbons (Fsp3) is 0.351. The maximum Gasteiger partial charge on any atom is 0.405 e. The highest BCUT2D eigenvalue weighted by Gasteiger charge is 2.34. The van der Waals surface area contributed by atoms with Gasteiger partial charge in [0.2, 0.25) is 0 Å². The second-order valence-electron chi connectivity index (χ2n) is 12.5. The summed E-state index contributed by atoms with van der Waals surface area (Å²) in [7, 11) is 3.03. The number of anilines is 1. The second kappa shape index (κ2) is 15.1. The molecule has 0 aliphatic carbocycles. The summed E-state index contributed by atoms with van der Waals surface area (Å²) >= 11 is 0. The average molecular weight is 718 g/mol. The van der Waals surface area contributed by atoms with Gasteiger partial charge in [0.25, 0.3) is 11.8 Å². The van der Waals surface area contributed by atoms with E-state index >= 15 is 4.39 Å². The maximum atomic E-state index is 15.0. The molecule has 51 heavy (non-hydrogen) atoms. The van der Waals surface area contributed by atoms with Crippen molar-refractivity contribution in [3.05, 3.63) is 88.7 Å². The summed E-state index contributed by atoms with van der Waals surface area (Å²) in [6.45, 7) is 0.763. The number of carbonyl (C=O) groups excluding carboxylic acids is 1. The van der Waals surface area contributed by atoms with Gasteiger partial charge in [-0.25, -0.2) is 18.0 Å². The largest absolute Gasteiger partial charge is 0.496 e. The predicted octanol–water partition coefficient (Wildman–Crippen LogP) is 7.60. The van der Waals surface area contributed by atoms with Gasteiger partial charge < -0.3 is 25.2 Å². The highest BCUT2D eigenvalue weighted by atomic mass is 19.4. The Balaban J connectivity index is 1.45.